The number of hydrogen-bond acceptors (Lipinski definition) is 5. The summed E-state index contributed by atoms with van der Waals surface area (Å²) in [5.74, 6) is -0.125. The lowest BCUT2D eigenvalue weighted by Crippen LogP contribution is -2.33. The molecule has 1 aromatic heterocycles. The molecule has 8 heteroatoms. The predicted molar refractivity (Wildman–Crippen MR) is 80.0 cm³/mol. The highest BCUT2D eigenvalue weighted by atomic mass is 35.5. The number of rotatable bonds is 6. The lowest BCUT2D eigenvalue weighted by atomic mass is 10.4. The molecule has 1 amide bonds. The fourth-order valence-electron chi connectivity index (χ4n) is 1.12. The van der Waals surface area contributed by atoms with E-state index in [2.05, 4.69) is 22.1 Å². The van der Waals surface area contributed by atoms with Crippen molar-refractivity contribution in [2.75, 3.05) is 26.7 Å². The van der Waals surface area contributed by atoms with E-state index < -0.39 is 0 Å². The van der Waals surface area contributed by atoms with Crippen molar-refractivity contribution in [3.63, 3.8) is 0 Å². The minimum Gasteiger partial charge on any atom is -0.349 e. The van der Waals surface area contributed by atoms with E-state index >= 15 is 0 Å². The minimum atomic E-state index is -0.125. The third-order valence-corrected chi connectivity index (χ3v) is 3.15. The third-order valence-electron chi connectivity index (χ3n) is 2.28. The highest BCUT2D eigenvalue weighted by Gasteiger charge is 2.09. The maximum atomic E-state index is 11.6. The van der Waals surface area contributed by atoms with Crippen LogP contribution in [0.25, 0.3) is 0 Å². The molecule has 0 fully saturated rings. The summed E-state index contributed by atoms with van der Waals surface area (Å²) >= 11 is 1.41. The largest absolute Gasteiger partial charge is 0.349 e. The molecule has 0 unspecified atom stereocenters. The Morgan fingerprint density at radius 1 is 1.56 bits per heavy atom. The highest BCUT2D eigenvalue weighted by Crippen LogP contribution is 2.08. The van der Waals surface area contributed by atoms with Crippen LogP contribution in [0.15, 0.2) is 5.38 Å². The maximum Gasteiger partial charge on any atom is 0.270 e. The summed E-state index contributed by atoms with van der Waals surface area (Å²) in [6, 6.07) is 0. The van der Waals surface area contributed by atoms with Gasteiger partial charge in [-0.1, -0.05) is 6.92 Å². The first-order valence-corrected chi connectivity index (χ1v) is 6.16. The van der Waals surface area contributed by atoms with Gasteiger partial charge in [-0.3, -0.25) is 4.79 Å². The number of amides is 1. The lowest BCUT2D eigenvalue weighted by molar-refractivity contribution is 0.0945. The van der Waals surface area contributed by atoms with Gasteiger partial charge in [0.2, 0.25) is 0 Å². The second kappa shape index (κ2) is 10.5. The Kier molecular flexibility index (Phi) is 11.6. The molecular weight excluding hydrogens is 295 g/mol. The number of hydrogen-bond donors (Lipinski definition) is 2. The molecule has 5 nitrogen and oxygen atoms in total. The van der Waals surface area contributed by atoms with Crippen LogP contribution in [-0.4, -0.2) is 42.5 Å². The van der Waals surface area contributed by atoms with Gasteiger partial charge < -0.3 is 16.0 Å². The second-order valence-corrected chi connectivity index (χ2v) is 4.43. The Bertz CT molecular complexity index is 348. The molecule has 1 rings (SSSR count). The summed E-state index contributed by atoms with van der Waals surface area (Å²) in [5.41, 5.74) is 5.89. The van der Waals surface area contributed by atoms with Crippen LogP contribution in [-0.2, 0) is 6.54 Å². The van der Waals surface area contributed by atoms with Gasteiger partial charge in [-0.25, -0.2) is 4.98 Å². The van der Waals surface area contributed by atoms with Crippen LogP contribution in [0.5, 0.6) is 0 Å². The van der Waals surface area contributed by atoms with Crippen LogP contribution in [0.4, 0.5) is 0 Å². The lowest BCUT2D eigenvalue weighted by Gasteiger charge is -2.13. The number of thiazole rings is 1. The molecule has 3 N–H and O–H groups in total. The molecule has 0 aliphatic heterocycles. The second-order valence-electron chi connectivity index (χ2n) is 3.48. The molecule has 0 aliphatic rings. The van der Waals surface area contributed by atoms with Crippen LogP contribution in [0.1, 0.15) is 22.4 Å². The molecule has 0 radical (unpaired) electrons. The van der Waals surface area contributed by atoms with Gasteiger partial charge in [0.05, 0.1) is 0 Å². The van der Waals surface area contributed by atoms with E-state index in [1.165, 1.54) is 11.3 Å². The highest BCUT2D eigenvalue weighted by molar-refractivity contribution is 7.09. The number of halogens is 2. The van der Waals surface area contributed by atoms with Crippen molar-refractivity contribution >= 4 is 42.1 Å². The molecule has 0 saturated carbocycles. The Morgan fingerprint density at radius 2 is 2.22 bits per heavy atom. The number of likely N-dealkylation sites (N-methyl/N-ethyl adjacent to an activating group) is 1. The number of carbonyl (C=O) groups is 1. The van der Waals surface area contributed by atoms with Gasteiger partial charge in [-0.2, -0.15) is 0 Å². The SMILES string of the molecule is CCN(C)CCNC(=O)c1csc(CN)n1.Cl.Cl. The summed E-state index contributed by atoms with van der Waals surface area (Å²) in [6.07, 6.45) is 0. The molecule has 18 heavy (non-hydrogen) atoms. The molecule has 106 valence electrons. The Hall–Kier alpha value is -0.400. The summed E-state index contributed by atoms with van der Waals surface area (Å²) in [7, 11) is 2.02. The van der Waals surface area contributed by atoms with E-state index in [0.717, 1.165) is 18.1 Å². The van der Waals surface area contributed by atoms with Gasteiger partial charge in [0.15, 0.2) is 0 Å². The molecule has 1 heterocycles. The zero-order valence-corrected chi connectivity index (χ0v) is 13.0. The topological polar surface area (TPSA) is 71.2 Å². The van der Waals surface area contributed by atoms with E-state index in [0.29, 0.717) is 18.8 Å². The number of aromatic nitrogens is 1. The Balaban J connectivity index is 0. The van der Waals surface area contributed by atoms with Gasteiger partial charge in [-0.05, 0) is 13.6 Å². The monoisotopic (exact) mass is 314 g/mol. The van der Waals surface area contributed by atoms with Gasteiger partial charge in [0, 0.05) is 25.0 Å². The smallest absolute Gasteiger partial charge is 0.270 e. The number of nitrogens with zero attached hydrogens (tertiary/aromatic N) is 2. The Labute approximate surface area is 124 Å². The third kappa shape index (κ3) is 6.51. The van der Waals surface area contributed by atoms with Gasteiger partial charge in [0.1, 0.15) is 10.7 Å². The van der Waals surface area contributed by atoms with Gasteiger partial charge in [-0.15, -0.1) is 36.2 Å². The van der Waals surface area contributed by atoms with E-state index in [1.807, 2.05) is 7.05 Å². The van der Waals surface area contributed by atoms with Crippen LogP contribution in [0.3, 0.4) is 0 Å². The van der Waals surface area contributed by atoms with Crippen molar-refractivity contribution in [2.24, 2.45) is 5.73 Å². The molecule has 0 aliphatic carbocycles. The predicted octanol–water partition coefficient (Wildman–Crippen LogP) is 1.13. The molecule has 0 atom stereocenters. The molecule has 0 spiro atoms. The van der Waals surface area contributed by atoms with Crippen LogP contribution >= 0.6 is 36.2 Å². The first kappa shape index (κ1) is 19.9. The zero-order chi connectivity index (χ0) is 12.0. The Morgan fingerprint density at radius 3 is 2.72 bits per heavy atom. The molecular formula is C10H20Cl2N4OS. The molecule has 0 aromatic carbocycles. The van der Waals surface area contributed by atoms with Crippen molar-refractivity contribution in [1.29, 1.82) is 0 Å². The minimum absolute atomic E-state index is 0. The average Bonchev–Trinajstić information content (AvgIpc) is 2.77. The first-order chi connectivity index (χ1) is 7.67. The van der Waals surface area contributed by atoms with Crippen LogP contribution in [0, 0.1) is 0 Å². The summed E-state index contributed by atoms with van der Waals surface area (Å²) in [6.45, 7) is 4.92. The standard InChI is InChI=1S/C10H18N4OS.2ClH/c1-3-14(2)5-4-12-10(15)8-7-16-9(6-11)13-8;;/h7H,3-6,11H2,1-2H3,(H,12,15);2*1H. The maximum absolute atomic E-state index is 11.6. The fraction of sp³-hybridized carbons (Fsp3) is 0.600. The number of nitrogens with one attached hydrogen (secondary N) is 1. The molecule has 0 saturated heterocycles. The fourth-order valence-corrected chi connectivity index (χ4v) is 1.77. The van der Waals surface area contributed by atoms with E-state index in [-0.39, 0.29) is 30.7 Å². The first-order valence-electron chi connectivity index (χ1n) is 5.28. The van der Waals surface area contributed by atoms with Crippen molar-refractivity contribution < 1.29 is 4.79 Å². The molecule has 0 bridgehead atoms. The van der Waals surface area contributed by atoms with E-state index in [1.54, 1.807) is 5.38 Å². The van der Waals surface area contributed by atoms with Crippen molar-refractivity contribution in [3.8, 4) is 0 Å². The van der Waals surface area contributed by atoms with Crippen LogP contribution < -0.4 is 11.1 Å². The van der Waals surface area contributed by atoms with Crippen LogP contribution in [0.2, 0.25) is 0 Å². The number of carbonyl (C=O) groups excluding carboxylic acids is 1. The van der Waals surface area contributed by atoms with Crippen molar-refractivity contribution in [1.82, 2.24) is 15.2 Å². The van der Waals surface area contributed by atoms with E-state index in [9.17, 15) is 4.79 Å². The average molecular weight is 315 g/mol. The number of nitrogens with two attached hydrogens (primary N) is 1. The van der Waals surface area contributed by atoms with Crippen molar-refractivity contribution in [3.05, 3.63) is 16.1 Å². The summed E-state index contributed by atoms with van der Waals surface area (Å²) in [4.78, 5) is 17.9. The normalized spacial score (nSPS) is 9.56. The van der Waals surface area contributed by atoms with Gasteiger partial charge in [0.25, 0.3) is 5.91 Å². The van der Waals surface area contributed by atoms with E-state index in [4.69, 9.17) is 5.73 Å². The zero-order valence-electron chi connectivity index (χ0n) is 10.5. The molecule has 1 aromatic rings. The summed E-state index contributed by atoms with van der Waals surface area (Å²) in [5, 5.41) is 5.35. The quantitative estimate of drug-likeness (QED) is 0.825. The summed E-state index contributed by atoms with van der Waals surface area (Å²) < 4.78 is 0. The van der Waals surface area contributed by atoms with Crippen molar-refractivity contribution in [2.45, 2.75) is 13.5 Å². The van der Waals surface area contributed by atoms with Gasteiger partial charge >= 0.3 is 0 Å².